The summed E-state index contributed by atoms with van der Waals surface area (Å²) in [7, 11) is 1.50. The molecule has 24 heavy (non-hydrogen) atoms. The molecule has 132 valence electrons. The Morgan fingerprint density at radius 2 is 1.79 bits per heavy atom. The number of aromatic amines is 1. The average Bonchev–Trinajstić information content (AvgIpc) is 3.17. The minimum Gasteiger partial charge on any atom is -0.368 e. The van der Waals surface area contributed by atoms with Gasteiger partial charge in [0.25, 0.3) is 0 Å². The minimum atomic E-state index is -4.51. The summed E-state index contributed by atoms with van der Waals surface area (Å²) in [5, 5.41) is 6.12. The number of alkyl halides is 3. The Morgan fingerprint density at radius 3 is 2.38 bits per heavy atom. The Morgan fingerprint density at radius 1 is 1.17 bits per heavy atom. The lowest BCUT2D eigenvalue weighted by Gasteiger charge is -2.17. The fourth-order valence-electron chi connectivity index (χ4n) is 2.64. The van der Waals surface area contributed by atoms with E-state index >= 15 is 0 Å². The van der Waals surface area contributed by atoms with E-state index in [0.717, 1.165) is 25.9 Å². The summed E-state index contributed by atoms with van der Waals surface area (Å²) in [5.41, 5.74) is 9.11. The number of nitrogens with two attached hydrogens (primary N) is 2. The van der Waals surface area contributed by atoms with Gasteiger partial charge in [0, 0.05) is 24.8 Å². The average molecular weight is 343 g/mol. The van der Waals surface area contributed by atoms with Crippen LogP contribution in [0.5, 0.6) is 0 Å². The van der Waals surface area contributed by atoms with Crippen molar-refractivity contribution in [1.82, 2.24) is 20.2 Å². The summed E-state index contributed by atoms with van der Waals surface area (Å²) >= 11 is 0. The van der Waals surface area contributed by atoms with Gasteiger partial charge in [0.15, 0.2) is 0 Å². The number of H-pyrrole nitrogens is 1. The molecule has 0 atom stereocenters. The number of hydrogen-bond donors (Lipinski definition) is 3. The summed E-state index contributed by atoms with van der Waals surface area (Å²) in [6.45, 7) is 2.94. The normalized spacial score (nSPS) is 14.5. The Bertz CT molecular complexity index is 690. The van der Waals surface area contributed by atoms with E-state index in [-0.39, 0.29) is 23.0 Å². The third-order valence-electron chi connectivity index (χ3n) is 3.63. The highest BCUT2D eigenvalue weighted by atomic mass is 19.4. The summed E-state index contributed by atoms with van der Waals surface area (Å²) in [6.07, 6.45) is -2.47. The molecule has 2 aromatic rings. The molecule has 0 radical (unpaired) electrons. The predicted molar refractivity (Wildman–Crippen MR) is 85.3 cm³/mol. The highest BCUT2D eigenvalue weighted by Gasteiger charge is 2.38. The number of nitrogens with one attached hydrogen (secondary N) is 1. The second-order valence-electron chi connectivity index (χ2n) is 5.23. The number of halogens is 3. The molecular weight excluding hydrogens is 323 g/mol. The Balaban J connectivity index is 0.00000100. The third kappa shape index (κ3) is 3.58. The van der Waals surface area contributed by atoms with Crippen LogP contribution < -0.4 is 16.4 Å². The SMILES string of the molecule is CN.Cc1[nH]nc(-c2cc(N3CCCC3)nc(N)n2)c1C(F)(F)F. The van der Waals surface area contributed by atoms with Gasteiger partial charge in [-0.3, -0.25) is 5.10 Å². The van der Waals surface area contributed by atoms with Gasteiger partial charge in [-0.25, -0.2) is 4.98 Å². The van der Waals surface area contributed by atoms with Crippen LogP contribution in [0, 0.1) is 6.92 Å². The van der Waals surface area contributed by atoms with Crippen molar-refractivity contribution in [3.63, 3.8) is 0 Å². The number of aryl methyl sites for hydroxylation is 1. The summed E-state index contributed by atoms with van der Waals surface area (Å²) in [5.74, 6) is 0.474. The molecule has 0 unspecified atom stereocenters. The van der Waals surface area contributed by atoms with E-state index in [0.29, 0.717) is 5.82 Å². The largest absolute Gasteiger partial charge is 0.420 e. The minimum absolute atomic E-state index is 0.0533. The monoisotopic (exact) mass is 343 g/mol. The molecular formula is C14H20F3N7. The molecule has 0 amide bonds. The first-order valence-corrected chi connectivity index (χ1v) is 7.46. The van der Waals surface area contributed by atoms with Gasteiger partial charge in [-0.1, -0.05) is 0 Å². The van der Waals surface area contributed by atoms with E-state index in [2.05, 4.69) is 25.9 Å². The van der Waals surface area contributed by atoms with E-state index in [4.69, 9.17) is 5.73 Å². The third-order valence-corrected chi connectivity index (χ3v) is 3.63. The Hall–Kier alpha value is -2.36. The number of anilines is 2. The van der Waals surface area contributed by atoms with Crippen molar-refractivity contribution in [3.05, 3.63) is 17.3 Å². The van der Waals surface area contributed by atoms with Crippen molar-refractivity contribution in [2.24, 2.45) is 5.73 Å². The van der Waals surface area contributed by atoms with Crippen molar-refractivity contribution in [1.29, 1.82) is 0 Å². The van der Waals surface area contributed by atoms with E-state index in [1.165, 1.54) is 20.0 Å². The second-order valence-corrected chi connectivity index (χ2v) is 5.23. The standard InChI is InChI=1S/C13H15F3N6.CH5N/c1-7-10(13(14,15)16)11(21-20-7)8-6-9(19-12(17)18-8)22-4-2-3-5-22;1-2/h6H,2-5H2,1H3,(H,20,21)(H2,17,18,19);2H2,1H3. The van der Waals surface area contributed by atoms with E-state index in [1.807, 2.05) is 4.90 Å². The Kier molecular flexibility index (Phi) is 5.27. The topological polar surface area (TPSA) is 110 Å². The molecule has 1 fully saturated rings. The van der Waals surface area contributed by atoms with Crippen LogP contribution in [0.4, 0.5) is 24.9 Å². The number of nitrogens with zero attached hydrogens (tertiary/aromatic N) is 4. The van der Waals surface area contributed by atoms with Crippen molar-refractivity contribution in [3.8, 4) is 11.4 Å². The zero-order chi connectivity index (χ0) is 17.9. The first-order chi connectivity index (χ1) is 11.4. The molecule has 7 nitrogen and oxygen atoms in total. The van der Waals surface area contributed by atoms with Gasteiger partial charge in [0.05, 0.1) is 5.69 Å². The smallest absolute Gasteiger partial charge is 0.368 e. The van der Waals surface area contributed by atoms with Gasteiger partial charge in [-0.05, 0) is 26.8 Å². The first-order valence-electron chi connectivity index (χ1n) is 7.46. The van der Waals surface area contributed by atoms with Crippen LogP contribution in [0.15, 0.2) is 6.07 Å². The van der Waals surface area contributed by atoms with Crippen LogP contribution >= 0.6 is 0 Å². The molecule has 1 aliphatic rings. The quantitative estimate of drug-likeness (QED) is 0.769. The van der Waals surface area contributed by atoms with Gasteiger partial charge < -0.3 is 16.4 Å². The van der Waals surface area contributed by atoms with Crippen molar-refractivity contribution in [2.45, 2.75) is 25.9 Å². The molecule has 2 aromatic heterocycles. The molecule has 0 bridgehead atoms. The summed E-state index contributed by atoms with van der Waals surface area (Å²) in [6, 6.07) is 1.51. The maximum atomic E-state index is 13.2. The van der Waals surface area contributed by atoms with Crippen LogP contribution in [0.3, 0.4) is 0 Å². The molecule has 0 aliphatic carbocycles. The van der Waals surface area contributed by atoms with Gasteiger partial charge in [-0.15, -0.1) is 0 Å². The van der Waals surface area contributed by atoms with Crippen LogP contribution in [-0.2, 0) is 6.18 Å². The Labute approximate surface area is 137 Å². The molecule has 1 saturated heterocycles. The van der Waals surface area contributed by atoms with Crippen molar-refractivity contribution < 1.29 is 13.2 Å². The lowest BCUT2D eigenvalue weighted by atomic mass is 10.1. The molecule has 1 aliphatic heterocycles. The maximum absolute atomic E-state index is 13.2. The van der Waals surface area contributed by atoms with Gasteiger partial charge >= 0.3 is 6.18 Å². The van der Waals surface area contributed by atoms with Crippen LogP contribution in [0.1, 0.15) is 24.1 Å². The van der Waals surface area contributed by atoms with E-state index < -0.39 is 11.7 Å². The lowest BCUT2D eigenvalue weighted by Crippen LogP contribution is -2.20. The fraction of sp³-hybridized carbons (Fsp3) is 0.500. The molecule has 3 rings (SSSR count). The summed E-state index contributed by atoms with van der Waals surface area (Å²) < 4.78 is 39.6. The summed E-state index contributed by atoms with van der Waals surface area (Å²) in [4.78, 5) is 10.0. The maximum Gasteiger partial charge on any atom is 0.420 e. The number of hydrogen-bond acceptors (Lipinski definition) is 6. The zero-order valence-electron chi connectivity index (χ0n) is 13.5. The molecule has 10 heteroatoms. The van der Waals surface area contributed by atoms with Crippen LogP contribution in [0.25, 0.3) is 11.4 Å². The van der Waals surface area contributed by atoms with Gasteiger partial charge in [-0.2, -0.15) is 23.3 Å². The predicted octanol–water partition coefficient (Wildman–Crippen LogP) is 1.95. The van der Waals surface area contributed by atoms with Crippen molar-refractivity contribution in [2.75, 3.05) is 30.8 Å². The molecule has 0 aromatic carbocycles. The molecule has 3 heterocycles. The molecule has 0 spiro atoms. The number of rotatable bonds is 2. The highest BCUT2D eigenvalue weighted by Crippen LogP contribution is 2.38. The van der Waals surface area contributed by atoms with Crippen molar-refractivity contribution >= 4 is 11.8 Å². The number of aromatic nitrogens is 4. The first kappa shape index (κ1) is 18.0. The fourth-order valence-corrected chi connectivity index (χ4v) is 2.64. The van der Waals surface area contributed by atoms with E-state index in [9.17, 15) is 13.2 Å². The lowest BCUT2D eigenvalue weighted by molar-refractivity contribution is -0.137. The number of nitrogen functional groups attached to an aromatic ring is 1. The van der Waals surface area contributed by atoms with E-state index in [1.54, 1.807) is 0 Å². The highest BCUT2D eigenvalue weighted by molar-refractivity contribution is 5.65. The molecule has 5 N–H and O–H groups in total. The second kappa shape index (κ2) is 7.04. The van der Waals surface area contributed by atoms with Crippen LogP contribution in [0.2, 0.25) is 0 Å². The van der Waals surface area contributed by atoms with Gasteiger partial charge in [0.2, 0.25) is 5.95 Å². The zero-order valence-corrected chi connectivity index (χ0v) is 13.5. The molecule has 0 saturated carbocycles. The van der Waals surface area contributed by atoms with Gasteiger partial charge in [0.1, 0.15) is 17.1 Å². The van der Waals surface area contributed by atoms with Crippen LogP contribution in [-0.4, -0.2) is 40.3 Å².